The number of rotatable bonds is 8. The lowest BCUT2D eigenvalue weighted by molar-refractivity contribution is 0.202. The van der Waals surface area contributed by atoms with Gasteiger partial charge >= 0.3 is 0 Å². The van der Waals surface area contributed by atoms with Gasteiger partial charge < -0.3 is 0 Å². The minimum atomic E-state index is -2.56. The highest BCUT2D eigenvalue weighted by Gasteiger charge is 2.21. The molecule has 0 unspecified atom stereocenters. The van der Waals surface area contributed by atoms with Crippen molar-refractivity contribution >= 4 is 10.9 Å². The summed E-state index contributed by atoms with van der Waals surface area (Å²) in [6.45, 7) is 3.85. The Morgan fingerprint density at radius 3 is 2.67 bits per heavy atom. The molecule has 0 aliphatic carbocycles. The van der Waals surface area contributed by atoms with E-state index in [2.05, 4.69) is 37.1 Å². The first-order chi connectivity index (χ1) is 14.7. The van der Waals surface area contributed by atoms with Gasteiger partial charge in [-0.3, -0.25) is 9.88 Å². The van der Waals surface area contributed by atoms with Crippen LogP contribution < -0.4 is 4.72 Å². The summed E-state index contributed by atoms with van der Waals surface area (Å²) in [6, 6.07) is 12.2. The van der Waals surface area contributed by atoms with Gasteiger partial charge in [0, 0.05) is 25.5 Å². The molecule has 158 valence electrons. The summed E-state index contributed by atoms with van der Waals surface area (Å²) in [4.78, 5) is 6.56. The van der Waals surface area contributed by atoms with Crippen LogP contribution in [-0.2, 0) is 30.5 Å². The van der Waals surface area contributed by atoms with Gasteiger partial charge in [0.1, 0.15) is 0 Å². The second-order valence-electron chi connectivity index (χ2n) is 7.66. The molecule has 0 bridgehead atoms. The molecule has 3 aromatic rings. The van der Waals surface area contributed by atoms with Crippen molar-refractivity contribution in [3.05, 3.63) is 77.4 Å². The second-order valence-corrected chi connectivity index (χ2v) is 8.49. The Bertz CT molecular complexity index is 1020. The number of likely N-dealkylation sites (tertiary alicyclic amines) is 1. The first-order valence-electron chi connectivity index (χ1n) is 10.1. The fourth-order valence-electron chi connectivity index (χ4n) is 3.93. The lowest BCUT2D eigenvalue weighted by Gasteiger charge is -2.31. The number of thiol groups is 1. The summed E-state index contributed by atoms with van der Waals surface area (Å²) < 4.78 is 25.8. The normalized spacial score (nSPS) is 15.6. The maximum atomic E-state index is 10.7. The van der Waals surface area contributed by atoms with Gasteiger partial charge in [0.05, 0.1) is 18.4 Å². The third-order valence-electron chi connectivity index (χ3n) is 5.46. The molecule has 1 N–H and O–H groups in total. The predicted molar refractivity (Wildman–Crippen MR) is 114 cm³/mol. The van der Waals surface area contributed by atoms with Gasteiger partial charge in [-0.25, -0.2) is 17.8 Å². The summed E-state index contributed by atoms with van der Waals surface area (Å²) in [6.07, 6.45) is 7.78. The minimum Gasteiger partial charge on any atom is -0.297 e. The zero-order valence-corrected chi connectivity index (χ0v) is 17.6. The fourth-order valence-corrected chi connectivity index (χ4v) is 4.25. The molecule has 8 nitrogen and oxygen atoms in total. The summed E-state index contributed by atoms with van der Waals surface area (Å²) >= 11 is 0. The summed E-state index contributed by atoms with van der Waals surface area (Å²) in [5.41, 5.74) is 4.38. The zero-order chi connectivity index (χ0) is 20.8. The van der Waals surface area contributed by atoms with E-state index in [0.29, 0.717) is 19.0 Å². The van der Waals surface area contributed by atoms with Crippen molar-refractivity contribution in [2.75, 3.05) is 13.1 Å². The van der Waals surface area contributed by atoms with Crippen molar-refractivity contribution in [3.63, 3.8) is 0 Å². The summed E-state index contributed by atoms with van der Waals surface area (Å²) in [7, 11) is -2.56. The van der Waals surface area contributed by atoms with Crippen LogP contribution in [0.5, 0.6) is 0 Å². The second kappa shape index (κ2) is 9.92. The van der Waals surface area contributed by atoms with Crippen molar-refractivity contribution < 1.29 is 8.42 Å². The maximum absolute atomic E-state index is 10.7. The third-order valence-corrected chi connectivity index (χ3v) is 5.88. The van der Waals surface area contributed by atoms with Crippen LogP contribution >= 0.6 is 0 Å². The Balaban J connectivity index is 1.28. The van der Waals surface area contributed by atoms with Crippen molar-refractivity contribution in [1.82, 2.24) is 29.6 Å². The van der Waals surface area contributed by atoms with Gasteiger partial charge in [0.2, 0.25) is 10.9 Å². The molecule has 9 heteroatoms. The molecule has 1 aliphatic rings. The van der Waals surface area contributed by atoms with Gasteiger partial charge in [-0.05, 0) is 54.6 Å². The van der Waals surface area contributed by atoms with E-state index in [1.54, 1.807) is 6.20 Å². The Labute approximate surface area is 178 Å². The molecule has 2 aromatic heterocycles. The van der Waals surface area contributed by atoms with Crippen LogP contribution in [0.1, 0.15) is 41.1 Å². The molecular weight excluding hydrogens is 400 g/mol. The van der Waals surface area contributed by atoms with Crippen molar-refractivity contribution in [2.45, 2.75) is 38.4 Å². The highest BCUT2D eigenvalue weighted by molar-refractivity contribution is 7.70. The molecule has 0 amide bonds. The third kappa shape index (κ3) is 5.71. The number of aromatic nitrogens is 4. The summed E-state index contributed by atoms with van der Waals surface area (Å²) in [5.74, 6) is 0.503. The van der Waals surface area contributed by atoms with Gasteiger partial charge in [0.15, 0.2) is 0 Å². The number of nitrogens with zero attached hydrogens (tertiary/aromatic N) is 5. The number of pyridine rings is 1. The lowest BCUT2D eigenvalue weighted by atomic mass is 9.88. The van der Waals surface area contributed by atoms with Crippen LogP contribution in [0.25, 0.3) is 0 Å². The SMILES string of the molecule is O=[SH](=O)NCc1cccc(C2CCN(Cc3cn(Cc4cccnc4)nn3)CC2)c1. The van der Waals surface area contributed by atoms with E-state index in [1.807, 2.05) is 41.3 Å². The van der Waals surface area contributed by atoms with E-state index in [-0.39, 0.29) is 0 Å². The quantitative estimate of drug-likeness (QED) is 0.533. The number of piperidine rings is 1. The average Bonchev–Trinajstić information content (AvgIpc) is 3.20. The highest BCUT2D eigenvalue weighted by Crippen LogP contribution is 2.29. The van der Waals surface area contributed by atoms with Crippen molar-refractivity contribution in [1.29, 1.82) is 0 Å². The van der Waals surface area contributed by atoms with Crippen LogP contribution in [0.3, 0.4) is 0 Å². The minimum absolute atomic E-state index is 0.347. The molecule has 1 aliphatic heterocycles. The average molecular weight is 427 g/mol. The van der Waals surface area contributed by atoms with Gasteiger partial charge in [0.25, 0.3) is 0 Å². The smallest absolute Gasteiger partial charge is 0.201 e. The van der Waals surface area contributed by atoms with Crippen LogP contribution in [0.15, 0.2) is 55.0 Å². The Morgan fingerprint density at radius 1 is 1.07 bits per heavy atom. The van der Waals surface area contributed by atoms with Crippen LogP contribution in [0.2, 0.25) is 0 Å². The monoisotopic (exact) mass is 426 g/mol. The van der Waals surface area contributed by atoms with Crippen LogP contribution in [0.4, 0.5) is 0 Å². The molecule has 0 radical (unpaired) electrons. The van der Waals surface area contributed by atoms with Crippen LogP contribution in [0, 0.1) is 0 Å². The topological polar surface area (TPSA) is 93.0 Å². The van der Waals surface area contributed by atoms with E-state index in [9.17, 15) is 8.42 Å². The first-order valence-corrected chi connectivity index (χ1v) is 11.3. The molecule has 4 rings (SSSR count). The molecule has 30 heavy (non-hydrogen) atoms. The number of hydrogen-bond donors (Lipinski definition) is 2. The van der Waals surface area contributed by atoms with Crippen molar-refractivity contribution in [2.24, 2.45) is 0 Å². The molecule has 1 fully saturated rings. The van der Waals surface area contributed by atoms with Crippen molar-refractivity contribution in [3.8, 4) is 0 Å². The molecule has 0 spiro atoms. The number of hydrogen-bond acceptors (Lipinski definition) is 6. The summed E-state index contributed by atoms with van der Waals surface area (Å²) in [5, 5.41) is 8.57. The van der Waals surface area contributed by atoms with E-state index in [0.717, 1.165) is 49.3 Å². The predicted octanol–water partition coefficient (Wildman–Crippen LogP) is 1.72. The number of benzene rings is 1. The van der Waals surface area contributed by atoms with E-state index >= 15 is 0 Å². The zero-order valence-electron chi connectivity index (χ0n) is 16.7. The van der Waals surface area contributed by atoms with Gasteiger partial charge in [-0.2, -0.15) is 0 Å². The standard InChI is InChI=1S/C21H26N6O2S/c28-30(29)23-13-17-3-1-5-20(11-17)19-6-9-26(10-7-19)15-21-16-27(25-24-21)14-18-4-2-8-22-12-18/h1-5,8,11-12,16,19,30H,6-7,9-10,13-15H2,(H,23,28,29). The molecule has 3 heterocycles. The van der Waals surface area contributed by atoms with E-state index in [1.165, 1.54) is 5.56 Å². The first kappa shape index (κ1) is 20.6. The highest BCUT2D eigenvalue weighted by atomic mass is 32.2. The molecule has 0 atom stereocenters. The van der Waals surface area contributed by atoms with E-state index < -0.39 is 10.9 Å². The largest absolute Gasteiger partial charge is 0.297 e. The molecular formula is C21H26N6O2S. The molecule has 1 aromatic carbocycles. The molecule has 1 saturated heterocycles. The Morgan fingerprint density at radius 2 is 1.90 bits per heavy atom. The van der Waals surface area contributed by atoms with Crippen LogP contribution in [-0.4, -0.2) is 46.4 Å². The molecule has 0 saturated carbocycles. The fraction of sp³-hybridized carbons (Fsp3) is 0.381. The van der Waals surface area contributed by atoms with E-state index in [4.69, 9.17) is 0 Å². The van der Waals surface area contributed by atoms with Gasteiger partial charge in [-0.1, -0.05) is 35.5 Å². The lowest BCUT2D eigenvalue weighted by Crippen LogP contribution is -2.32. The number of nitrogens with one attached hydrogen (secondary N) is 1. The Hall–Kier alpha value is -2.62. The maximum Gasteiger partial charge on any atom is 0.201 e. The Kier molecular flexibility index (Phi) is 6.83. The van der Waals surface area contributed by atoms with Gasteiger partial charge in [-0.15, -0.1) is 5.10 Å².